The van der Waals surface area contributed by atoms with Crippen molar-refractivity contribution in [2.24, 2.45) is 0 Å². The molecule has 0 aliphatic rings. The summed E-state index contributed by atoms with van der Waals surface area (Å²) in [5.41, 5.74) is 1.45. The third kappa shape index (κ3) is 4.63. The van der Waals surface area contributed by atoms with Gasteiger partial charge in [0.25, 0.3) is 0 Å². The van der Waals surface area contributed by atoms with Crippen molar-refractivity contribution in [1.29, 1.82) is 0 Å². The lowest BCUT2D eigenvalue weighted by Crippen LogP contribution is -2.34. The van der Waals surface area contributed by atoms with Gasteiger partial charge >= 0.3 is 5.97 Å². The van der Waals surface area contributed by atoms with E-state index >= 15 is 0 Å². The van der Waals surface area contributed by atoms with Gasteiger partial charge in [-0.25, -0.2) is 4.79 Å². The Hall–Kier alpha value is -2.24. The molecule has 0 spiro atoms. The highest BCUT2D eigenvalue weighted by molar-refractivity contribution is 6.30. The van der Waals surface area contributed by atoms with Crippen LogP contribution in [0.5, 0.6) is 5.75 Å². The zero-order valence-corrected chi connectivity index (χ0v) is 14.3. The van der Waals surface area contributed by atoms with E-state index in [1.165, 1.54) is 0 Å². The predicted molar refractivity (Wildman–Crippen MR) is 93.4 cm³/mol. The van der Waals surface area contributed by atoms with Crippen LogP contribution in [-0.4, -0.2) is 30.9 Å². The summed E-state index contributed by atoms with van der Waals surface area (Å²) in [6, 6.07) is 13.4. The first-order chi connectivity index (χ1) is 11.5. The molecule has 0 saturated heterocycles. The van der Waals surface area contributed by atoms with Crippen LogP contribution in [-0.2, 0) is 9.53 Å². The maximum absolute atomic E-state index is 12.0. The quantitative estimate of drug-likeness (QED) is 0.750. The Bertz CT molecular complexity index is 658. The van der Waals surface area contributed by atoms with Gasteiger partial charge in [0, 0.05) is 10.7 Å². The van der Waals surface area contributed by atoms with Crippen LogP contribution < -0.4 is 10.1 Å². The number of rotatable bonds is 7. The van der Waals surface area contributed by atoms with E-state index in [-0.39, 0.29) is 6.61 Å². The summed E-state index contributed by atoms with van der Waals surface area (Å²) in [5, 5.41) is 14.1. The molecule has 0 heterocycles. The molecule has 0 radical (unpaired) electrons. The molecule has 2 rings (SSSR count). The van der Waals surface area contributed by atoms with Gasteiger partial charge in [-0.1, -0.05) is 23.7 Å². The van der Waals surface area contributed by atoms with Gasteiger partial charge in [-0.15, -0.1) is 0 Å². The number of hydrogen-bond acceptors (Lipinski definition) is 5. The average molecular weight is 350 g/mol. The minimum absolute atomic E-state index is 0.200. The first-order valence-electron chi connectivity index (χ1n) is 7.56. The lowest BCUT2D eigenvalue weighted by molar-refractivity contribution is -0.153. The molecule has 0 fully saturated rings. The Balaban J connectivity index is 2.27. The molecular formula is C18H20ClNO4. The summed E-state index contributed by atoms with van der Waals surface area (Å²) in [4.78, 5) is 12.0. The fourth-order valence-corrected chi connectivity index (χ4v) is 2.37. The maximum atomic E-state index is 12.0. The summed E-state index contributed by atoms with van der Waals surface area (Å²) < 4.78 is 10.1. The molecule has 2 N–H and O–H groups in total. The highest BCUT2D eigenvalue weighted by Crippen LogP contribution is 2.26. The number of nitrogens with one attached hydrogen (secondary N) is 1. The first-order valence-corrected chi connectivity index (χ1v) is 7.93. The molecular weight excluding hydrogens is 330 g/mol. The molecule has 2 atom stereocenters. The summed E-state index contributed by atoms with van der Waals surface area (Å²) in [7, 11) is 1.59. The van der Waals surface area contributed by atoms with Gasteiger partial charge in [-0.2, -0.15) is 0 Å². The van der Waals surface area contributed by atoms with E-state index in [9.17, 15) is 9.90 Å². The number of carbonyl (C=O) groups excluding carboxylic acids is 1. The molecule has 0 saturated carbocycles. The molecule has 6 heteroatoms. The lowest BCUT2D eigenvalue weighted by atomic mass is 10.0. The second kappa shape index (κ2) is 8.57. The van der Waals surface area contributed by atoms with Crippen LogP contribution in [0.3, 0.4) is 0 Å². The summed E-state index contributed by atoms with van der Waals surface area (Å²) in [6.07, 6.45) is -1.35. The normalized spacial score (nSPS) is 13.0. The van der Waals surface area contributed by atoms with Crippen LogP contribution in [0.2, 0.25) is 5.02 Å². The van der Waals surface area contributed by atoms with E-state index in [1.54, 1.807) is 62.6 Å². The van der Waals surface area contributed by atoms with Crippen molar-refractivity contribution in [1.82, 2.24) is 0 Å². The van der Waals surface area contributed by atoms with E-state index < -0.39 is 18.1 Å². The number of benzene rings is 2. The van der Waals surface area contributed by atoms with Crippen LogP contribution in [0.15, 0.2) is 48.5 Å². The average Bonchev–Trinajstić information content (AvgIpc) is 2.60. The van der Waals surface area contributed by atoms with Gasteiger partial charge in [0.1, 0.15) is 5.75 Å². The van der Waals surface area contributed by atoms with Gasteiger partial charge in [-0.3, -0.25) is 0 Å². The number of aliphatic hydroxyl groups is 1. The SMILES string of the molecule is CCOC(=O)C(O)C(Nc1ccc(OC)cc1)c1ccc(Cl)cc1. The molecule has 0 aliphatic carbocycles. The second-order valence-electron chi connectivity index (χ2n) is 5.10. The largest absolute Gasteiger partial charge is 0.497 e. The number of ether oxygens (including phenoxy) is 2. The number of carbonyl (C=O) groups is 1. The van der Waals surface area contributed by atoms with Crippen molar-refractivity contribution >= 4 is 23.3 Å². The topological polar surface area (TPSA) is 67.8 Å². The standard InChI is InChI=1S/C18H20ClNO4/c1-3-24-18(22)17(21)16(12-4-6-13(19)7-5-12)20-14-8-10-15(23-2)11-9-14/h4-11,16-17,20-21H,3H2,1-2H3. The minimum atomic E-state index is -1.35. The number of aliphatic hydroxyl groups excluding tert-OH is 1. The van der Waals surface area contributed by atoms with E-state index in [0.717, 1.165) is 17.0 Å². The van der Waals surface area contributed by atoms with Crippen LogP contribution in [0.1, 0.15) is 18.5 Å². The highest BCUT2D eigenvalue weighted by Gasteiger charge is 2.28. The smallest absolute Gasteiger partial charge is 0.337 e. The molecule has 2 aromatic rings. The van der Waals surface area contributed by atoms with Crippen LogP contribution in [0.25, 0.3) is 0 Å². The molecule has 5 nitrogen and oxygen atoms in total. The first kappa shape index (κ1) is 18.1. The van der Waals surface area contributed by atoms with Gasteiger partial charge < -0.3 is 19.9 Å². The Labute approximate surface area is 146 Å². The minimum Gasteiger partial charge on any atom is -0.497 e. The number of esters is 1. The maximum Gasteiger partial charge on any atom is 0.337 e. The summed E-state index contributed by atoms with van der Waals surface area (Å²) in [6.45, 7) is 1.89. The van der Waals surface area contributed by atoms with Gasteiger partial charge in [0.15, 0.2) is 6.10 Å². The van der Waals surface area contributed by atoms with Crippen LogP contribution in [0.4, 0.5) is 5.69 Å². The number of methoxy groups -OCH3 is 1. The van der Waals surface area contributed by atoms with Gasteiger partial charge in [-0.05, 0) is 48.9 Å². The molecule has 128 valence electrons. The van der Waals surface area contributed by atoms with Crippen molar-refractivity contribution in [2.75, 3.05) is 19.0 Å². The van der Waals surface area contributed by atoms with E-state index in [1.807, 2.05) is 0 Å². The van der Waals surface area contributed by atoms with E-state index in [4.69, 9.17) is 21.1 Å². The van der Waals surface area contributed by atoms with E-state index in [2.05, 4.69) is 5.32 Å². The van der Waals surface area contributed by atoms with Crippen molar-refractivity contribution < 1.29 is 19.4 Å². The third-order valence-electron chi connectivity index (χ3n) is 3.49. The molecule has 0 bridgehead atoms. The van der Waals surface area contributed by atoms with Crippen LogP contribution >= 0.6 is 11.6 Å². The lowest BCUT2D eigenvalue weighted by Gasteiger charge is -2.24. The monoisotopic (exact) mass is 349 g/mol. The fraction of sp³-hybridized carbons (Fsp3) is 0.278. The van der Waals surface area contributed by atoms with Crippen molar-refractivity contribution in [3.05, 3.63) is 59.1 Å². The van der Waals surface area contributed by atoms with Gasteiger partial charge in [0.2, 0.25) is 0 Å². The Morgan fingerprint density at radius 1 is 1.17 bits per heavy atom. The van der Waals surface area contributed by atoms with Crippen molar-refractivity contribution in [3.8, 4) is 5.75 Å². The molecule has 24 heavy (non-hydrogen) atoms. The Kier molecular flexibility index (Phi) is 6.46. The highest BCUT2D eigenvalue weighted by atomic mass is 35.5. The molecule has 2 aromatic carbocycles. The summed E-state index contributed by atoms with van der Waals surface area (Å²) >= 11 is 5.91. The number of hydrogen-bond donors (Lipinski definition) is 2. The molecule has 0 aliphatic heterocycles. The number of anilines is 1. The van der Waals surface area contributed by atoms with Crippen LogP contribution in [0, 0.1) is 0 Å². The zero-order valence-electron chi connectivity index (χ0n) is 13.5. The van der Waals surface area contributed by atoms with E-state index in [0.29, 0.717) is 5.02 Å². The Morgan fingerprint density at radius 2 is 1.79 bits per heavy atom. The van der Waals surface area contributed by atoms with Crippen molar-refractivity contribution in [2.45, 2.75) is 19.1 Å². The third-order valence-corrected chi connectivity index (χ3v) is 3.74. The second-order valence-corrected chi connectivity index (χ2v) is 5.54. The fourth-order valence-electron chi connectivity index (χ4n) is 2.25. The Morgan fingerprint density at radius 3 is 2.33 bits per heavy atom. The molecule has 0 aromatic heterocycles. The zero-order chi connectivity index (χ0) is 17.5. The molecule has 0 amide bonds. The summed E-state index contributed by atoms with van der Waals surface area (Å²) in [5.74, 6) is 0.0352. The van der Waals surface area contributed by atoms with Gasteiger partial charge in [0.05, 0.1) is 19.8 Å². The predicted octanol–water partition coefficient (Wildman–Crippen LogP) is 3.43. The van der Waals surface area contributed by atoms with Crippen molar-refractivity contribution in [3.63, 3.8) is 0 Å². The number of halogens is 1. The molecule has 2 unspecified atom stereocenters.